The average Bonchev–Trinajstić information content (AvgIpc) is 2.95. The number of phenols is 1. The first-order chi connectivity index (χ1) is 11.3. The van der Waals surface area contributed by atoms with E-state index in [9.17, 15) is 5.11 Å². The molecule has 1 saturated heterocycles. The molecule has 4 rings (SSSR count). The molecular weight excluding hydrogens is 292 g/mol. The van der Waals surface area contributed by atoms with E-state index in [2.05, 4.69) is 20.0 Å². The second kappa shape index (κ2) is 6.20. The molecule has 1 aliphatic carbocycles. The Labute approximate surface area is 135 Å². The Balaban J connectivity index is 1.31. The Bertz CT molecular complexity index is 643. The van der Waals surface area contributed by atoms with E-state index in [1.165, 1.54) is 19.3 Å². The Kier molecular flexibility index (Phi) is 3.91. The van der Waals surface area contributed by atoms with Crippen LogP contribution in [0.5, 0.6) is 5.75 Å². The van der Waals surface area contributed by atoms with Gasteiger partial charge in [0.05, 0.1) is 6.54 Å². The van der Waals surface area contributed by atoms with Gasteiger partial charge in [-0.3, -0.25) is 4.90 Å². The summed E-state index contributed by atoms with van der Waals surface area (Å²) < 4.78 is 5.81. The van der Waals surface area contributed by atoms with Crippen molar-refractivity contribution in [3.63, 3.8) is 0 Å². The van der Waals surface area contributed by atoms with E-state index in [1.54, 1.807) is 12.1 Å². The summed E-state index contributed by atoms with van der Waals surface area (Å²) >= 11 is 0. The molecule has 0 radical (unpaired) electrons. The molecule has 2 aromatic rings. The number of piperazine rings is 1. The van der Waals surface area contributed by atoms with Gasteiger partial charge in [-0.25, -0.2) is 0 Å². The molecule has 0 amide bonds. The number of hydrogen-bond acceptors (Lipinski definition) is 6. The molecule has 0 atom stereocenters. The van der Waals surface area contributed by atoms with Gasteiger partial charge >= 0.3 is 0 Å². The summed E-state index contributed by atoms with van der Waals surface area (Å²) in [6.45, 7) is 4.62. The van der Waals surface area contributed by atoms with E-state index in [-0.39, 0.29) is 0 Å². The van der Waals surface area contributed by atoms with E-state index in [4.69, 9.17) is 4.42 Å². The standard InChI is InChI=1S/C17H22N4O2/c22-15-6-4-14(5-7-15)21-10-8-20(9-11-21)12-16-18-19-17(23-16)13-2-1-3-13/h4-7,13,22H,1-3,8-12H2. The first-order valence-electron chi connectivity index (χ1n) is 8.36. The highest BCUT2D eigenvalue weighted by atomic mass is 16.4. The molecule has 1 aromatic carbocycles. The zero-order valence-electron chi connectivity index (χ0n) is 13.2. The maximum Gasteiger partial charge on any atom is 0.230 e. The van der Waals surface area contributed by atoms with Crippen LogP contribution in [0, 0.1) is 0 Å². The molecule has 1 N–H and O–H groups in total. The van der Waals surface area contributed by atoms with E-state index >= 15 is 0 Å². The van der Waals surface area contributed by atoms with Gasteiger partial charge in [0.15, 0.2) is 0 Å². The van der Waals surface area contributed by atoms with Crippen LogP contribution in [0.25, 0.3) is 0 Å². The van der Waals surface area contributed by atoms with Gasteiger partial charge in [0, 0.05) is 37.8 Å². The lowest BCUT2D eigenvalue weighted by Gasteiger charge is -2.35. The summed E-state index contributed by atoms with van der Waals surface area (Å²) in [7, 11) is 0. The molecule has 1 saturated carbocycles. The van der Waals surface area contributed by atoms with Crippen LogP contribution in [0.2, 0.25) is 0 Å². The minimum Gasteiger partial charge on any atom is -0.508 e. The number of nitrogens with zero attached hydrogens (tertiary/aromatic N) is 4. The Morgan fingerprint density at radius 3 is 2.43 bits per heavy atom. The molecule has 2 fully saturated rings. The number of benzene rings is 1. The lowest BCUT2D eigenvalue weighted by molar-refractivity contribution is 0.219. The van der Waals surface area contributed by atoms with Crippen molar-refractivity contribution in [1.82, 2.24) is 15.1 Å². The minimum absolute atomic E-state index is 0.311. The second-order valence-corrected chi connectivity index (χ2v) is 6.44. The first-order valence-corrected chi connectivity index (χ1v) is 8.36. The Hall–Kier alpha value is -2.08. The summed E-state index contributed by atoms with van der Waals surface area (Å²) in [5, 5.41) is 17.8. The Morgan fingerprint density at radius 1 is 1.04 bits per heavy atom. The number of rotatable bonds is 4. The van der Waals surface area contributed by atoms with Gasteiger partial charge in [-0.15, -0.1) is 10.2 Å². The highest BCUT2D eigenvalue weighted by molar-refractivity contribution is 5.49. The summed E-state index contributed by atoms with van der Waals surface area (Å²) in [6, 6.07) is 7.41. The van der Waals surface area contributed by atoms with Crippen LogP contribution < -0.4 is 4.90 Å². The van der Waals surface area contributed by atoms with Crippen LogP contribution in [0.1, 0.15) is 37.0 Å². The van der Waals surface area contributed by atoms with E-state index in [1.807, 2.05) is 12.1 Å². The van der Waals surface area contributed by atoms with Gasteiger partial charge in [-0.05, 0) is 37.1 Å². The molecule has 0 bridgehead atoms. The van der Waals surface area contributed by atoms with E-state index in [0.717, 1.165) is 50.2 Å². The van der Waals surface area contributed by atoms with Gasteiger partial charge in [0.2, 0.25) is 11.8 Å². The van der Waals surface area contributed by atoms with Crippen molar-refractivity contribution in [2.24, 2.45) is 0 Å². The third-order valence-corrected chi connectivity index (χ3v) is 4.88. The number of hydrogen-bond donors (Lipinski definition) is 1. The van der Waals surface area contributed by atoms with Crippen LogP contribution in [0.4, 0.5) is 5.69 Å². The maximum absolute atomic E-state index is 9.37. The van der Waals surface area contributed by atoms with Crippen molar-refractivity contribution in [2.45, 2.75) is 31.7 Å². The fourth-order valence-corrected chi connectivity index (χ4v) is 3.17. The predicted molar refractivity (Wildman–Crippen MR) is 86.5 cm³/mol. The van der Waals surface area contributed by atoms with Crippen LogP contribution in [0.3, 0.4) is 0 Å². The third-order valence-electron chi connectivity index (χ3n) is 4.88. The van der Waals surface area contributed by atoms with Gasteiger partial charge in [-0.1, -0.05) is 6.42 Å². The van der Waals surface area contributed by atoms with Crippen LogP contribution >= 0.6 is 0 Å². The molecule has 122 valence electrons. The number of anilines is 1. The van der Waals surface area contributed by atoms with Crippen molar-refractivity contribution in [3.8, 4) is 5.75 Å². The zero-order valence-corrected chi connectivity index (χ0v) is 13.2. The van der Waals surface area contributed by atoms with E-state index < -0.39 is 0 Å². The number of aromatic nitrogens is 2. The van der Waals surface area contributed by atoms with E-state index in [0.29, 0.717) is 11.7 Å². The van der Waals surface area contributed by atoms with Crippen molar-refractivity contribution >= 4 is 5.69 Å². The highest BCUT2D eigenvalue weighted by Crippen LogP contribution is 2.35. The molecule has 2 aliphatic rings. The topological polar surface area (TPSA) is 65.6 Å². The Morgan fingerprint density at radius 2 is 1.78 bits per heavy atom. The molecule has 0 unspecified atom stereocenters. The lowest BCUT2D eigenvalue weighted by atomic mass is 9.85. The molecular formula is C17H22N4O2. The van der Waals surface area contributed by atoms with Crippen LogP contribution in [-0.4, -0.2) is 46.4 Å². The largest absolute Gasteiger partial charge is 0.508 e. The van der Waals surface area contributed by atoms with Gasteiger partial charge in [-0.2, -0.15) is 0 Å². The quantitative estimate of drug-likeness (QED) is 0.934. The molecule has 23 heavy (non-hydrogen) atoms. The summed E-state index contributed by atoms with van der Waals surface area (Å²) in [4.78, 5) is 4.69. The predicted octanol–water partition coefficient (Wildman–Crippen LogP) is 2.36. The molecule has 0 spiro atoms. The van der Waals surface area contributed by atoms with Gasteiger partial charge in [0.1, 0.15) is 5.75 Å². The SMILES string of the molecule is Oc1ccc(N2CCN(Cc3nnc(C4CCC4)o3)CC2)cc1. The highest BCUT2D eigenvalue weighted by Gasteiger charge is 2.26. The van der Waals surface area contributed by atoms with Crippen molar-refractivity contribution in [2.75, 3.05) is 31.1 Å². The fraction of sp³-hybridized carbons (Fsp3) is 0.529. The molecule has 1 aliphatic heterocycles. The number of phenolic OH excluding ortho intramolecular Hbond substituents is 1. The van der Waals surface area contributed by atoms with Gasteiger partial charge in [0.25, 0.3) is 0 Å². The molecule has 2 heterocycles. The first kappa shape index (κ1) is 14.5. The summed E-state index contributed by atoms with van der Waals surface area (Å²) in [5.41, 5.74) is 1.16. The average molecular weight is 314 g/mol. The molecule has 6 nitrogen and oxygen atoms in total. The molecule has 1 aromatic heterocycles. The van der Waals surface area contributed by atoms with Gasteiger partial charge < -0.3 is 14.4 Å². The minimum atomic E-state index is 0.311. The third kappa shape index (κ3) is 3.17. The lowest BCUT2D eigenvalue weighted by Crippen LogP contribution is -2.46. The second-order valence-electron chi connectivity index (χ2n) is 6.44. The molecule has 6 heteroatoms. The fourth-order valence-electron chi connectivity index (χ4n) is 3.17. The number of aromatic hydroxyl groups is 1. The maximum atomic E-state index is 9.37. The summed E-state index contributed by atoms with van der Waals surface area (Å²) in [6.07, 6.45) is 3.65. The monoisotopic (exact) mass is 314 g/mol. The smallest absolute Gasteiger partial charge is 0.230 e. The van der Waals surface area contributed by atoms with Crippen molar-refractivity contribution < 1.29 is 9.52 Å². The summed E-state index contributed by atoms with van der Waals surface area (Å²) in [5.74, 6) is 2.38. The van der Waals surface area contributed by atoms with Crippen LogP contribution in [0.15, 0.2) is 28.7 Å². The normalized spacial score (nSPS) is 19.7. The zero-order chi connectivity index (χ0) is 15.6. The van der Waals surface area contributed by atoms with Crippen molar-refractivity contribution in [1.29, 1.82) is 0 Å². The van der Waals surface area contributed by atoms with Crippen molar-refractivity contribution in [3.05, 3.63) is 36.0 Å². The van der Waals surface area contributed by atoms with Crippen LogP contribution in [-0.2, 0) is 6.54 Å².